The van der Waals surface area contributed by atoms with Crippen molar-refractivity contribution in [3.63, 3.8) is 0 Å². The fraction of sp³-hybridized carbons (Fsp3) is 0.333. The van der Waals surface area contributed by atoms with Gasteiger partial charge in [-0.05, 0) is 49.4 Å². The lowest BCUT2D eigenvalue weighted by Gasteiger charge is -2.07. The number of aryl methyl sites for hydroxylation is 2. The number of rotatable bonds is 2. The van der Waals surface area contributed by atoms with E-state index in [9.17, 15) is 0 Å². The van der Waals surface area contributed by atoms with Crippen molar-refractivity contribution >= 4 is 38.6 Å². The molecule has 2 rings (SSSR count). The van der Waals surface area contributed by atoms with Crippen LogP contribution in [0.2, 0.25) is 0 Å². The highest BCUT2D eigenvalue weighted by Crippen LogP contribution is 2.39. The van der Waals surface area contributed by atoms with Gasteiger partial charge in [0.25, 0.3) is 0 Å². The van der Waals surface area contributed by atoms with E-state index < -0.39 is 0 Å². The molecule has 2 heterocycles. The van der Waals surface area contributed by atoms with Crippen LogP contribution >= 0.6 is 38.6 Å². The Kier molecular flexibility index (Phi) is 3.33. The second-order valence-corrected chi connectivity index (χ2v) is 7.00. The van der Waals surface area contributed by atoms with E-state index >= 15 is 0 Å². The minimum Gasteiger partial charge on any atom is -0.149 e. The van der Waals surface area contributed by atoms with Crippen LogP contribution in [0.1, 0.15) is 30.6 Å². The topological polar surface area (TPSA) is 0 Å². The second-order valence-electron chi connectivity index (χ2n) is 3.68. The third kappa shape index (κ3) is 2.19. The predicted molar refractivity (Wildman–Crippen MR) is 73.6 cm³/mol. The minimum absolute atomic E-state index is 0.362. The lowest BCUT2D eigenvalue weighted by Crippen LogP contribution is -1.89. The Morgan fingerprint density at radius 2 is 1.93 bits per heavy atom. The van der Waals surface area contributed by atoms with Crippen molar-refractivity contribution in [3.8, 4) is 0 Å². The summed E-state index contributed by atoms with van der Waals surface area (Å²) in [6, 6.07) is 4.40. The van der Waals surface area contributed by atoms with Crippen molar-refractivity contribution < 1.29 is 0 Å². The van der Waals surface area contributed by atoms with E-state index in [1.807, 2.05) is 22.7 Å². The van der Waals surface area contributed by atoms with Crippen LogP contribution in [0, 0.1) is 20.8 Å². The fourth-order valence-corrected chi connectivity index (χ4v) is 4.39. The van der Waals surface area contributed by atoms with Crippen LogP contribution in [0.5, 0.6) is 0 Å². The van der Waals surface area contributed by atoms with Crippen LogP contribution < -0.4 is 0 Å². The molecule has 80 valence electrons. The molecule has 2 aromatic heterocycles. The zero-order valence-corrected chi connectivity index (χ0v) is 12.2. The lowest BCUT2D eigenvalue weighted by atomic mass is 10.1. The molecule has 1 atom stereocenters. The van der Waals surface area contributed by atoms with Gasteiger partial charge in [0.1, 0.15) is 0 Å². The predicted octanol–water partition coefficient (Wildman–Crippen LogP) is 5.22. The van der Waals surface area contributed by atoms with E-state index in [2.05, 4.69) is 54.2 Å². The molecule has 0 fully saturated rings. The lowest BCUT2D eigenvalue weighted by molar-refractivity contribution is 1.19. The first-order chi connectivity index (χ1) is 7.09. The maximum Gasteiger partial charge on any atom is 0.0748 e. The Labute approximate surface area is 107 Å². The first-order valence-corrected chi connectivity index (χ1v) is 7.45. The number of thiophene rings is 2. The van der Waals surface area contributed by atoms with Crippen LogP contribution in [0.25, 0.3) is 0 Å². The van der Waals surface area contributed by atoms with E-state index in [0.717, 1.165) is 0 Å². The third-order valence-electron chi connectivity index (χ3n) is 2.61. The van der Waals surface area contributed by atoms with Crippen molar-refractivity contribution in [3.05, 3.63) is 43.3 Å². The summed E-state index contributed by atoms with van der Waals surface area (Å²) in [5, 5.41) is 2.26. The zero-order valence-electron chi connectivity index (χ0n) is 9.00. The van der Waals surface area contributed by atoms with Gasteiger partial charge < -0.3 is 0 Å². The number of hydrogen-bond donors (Lipinski definition) is 0. The molecule has 0 N–H and O–H groups in total. The van der Waals surface area contributed by atoms with Gasteiger partial charge in [-0.1, -0.05) is 15.9 Å². The first-order valence-electron chi connectivity index (χ1n) is 4.84. The van der Waals surface area contributed by atoms with Gasteiger partial charge in [-0.2, -0.15) is 0 Å². The molecule has 3 heteroatoms. The van der Waals surface area contributed by atoms with Crippen LogP contribution in [0.4, 0.5) is 0 Å². The van der Waals surface area contributed by atoms with E-state index in [4.69, 9.17) is 0 Å². The van der Waals surface area contributed by atoms with Gasteiger partial charge in [-0.15, -0.1) is 22.7 Å². The van der Waals surface area contributed by atoms with Crippen molar-refractivity contribution in [2.45, 2.75) is 25.6 Å². The Balaban J connectivity index is 2.36. The molecular formula is C12H13BrS2. The molecule has 0 amide bonds. The largest absolute Gasteiger partial charge is 0.149 e. The maximum absolute atomic E-state index is 3.79. The number of hydrogen-bond acceptors (Lipinski definition) is 2. The first kappa shape index (κ1) is 11.4. The van der Waals surface area contributed by atoms with Crippen molar-refractivity contribution in [1.29, 1.82) is 0 Å². The fourth-order valence-electron chi connectivity index (χ4n) is 1.52. The molecule has 0 saturated heterocycles. The van der Waals surface area contributed by atoms with Gasteiger partial charge in [-0.3, -0.25) is 0 Å². The Bertz CT molecular complexity index is 468. The summed E-state index contributed by atoms with van der Waals surface area (Å²) in [5.74, 6) is 0. The summed E-state index contributed by atoms with van der Waals surface area (Å²) in [4.78, 5) is 4.55. The van der Waals surface area contributed by atoms with Crippen LogP contribution in [0.15, 0.2) is 17.5 Å². The average Bonchev–Trinajstić information content (AvgIpc) is 2.75. The van der Waals surface area contributed by atoms with Gasteiger partial charge in [0, 0.05) is 14.6 Å². The molecule has 2 aromatic rings. The standard InChI is InChI=1S/C12H13BrS2/c1-7-4-5-11(15-7)12(13)10-6-14-9(3)8(10)2/h4-6,12H,1-3H3. The summed E-state index contributed by atoms with van der Waals surface area (Å²) in [6.45, 7) is 6.54. The van der Waals surface area contributed by atoms with Gasteiger partial charge in [0.15, 0.2) is 0 Å². The molecule has 0 aliphatic rings. The summed E-state index contributed by atoms with van der Waals surface area (Å²) >= 11 is 7.49. The van der Waals surface area contributed by atoms with Crippen LogP contribution in [-0.2, 0) is 0 Å². The van der Waals surface area contributed by atoms with Crippen LogP contribution in [-0.4, -0.2) is 0 Å². The molecule has 0 aliphatic carbocycles. The number of alkyl halides is 1. The Morgan fingerprint density at radius 3 is 2.40 bits per heavy atom. The van der Waals surface area contributed by atoms with E-state index in [-0.39, 0.29) is 0 Å². The SMILES string of the molecule is Cc1ccc(C(Br)c2csc(C)c2C)s1. The van der Waals surface area contributed by atoms with Gasteiger partial charge >= 0.3 is 0 Å². The van der Waals surface area contributed by atoms with Gasteiger partial charge in [0.2, 0.25) is 0 Å². The van der Waals surface area contributed by atoms with Gasteiger partial charge in [-0.25, -0.2) is 0 Å². The maximum atomic E-state index is 3.79. The average molecular weight is 301 g/mol. The molecule has 0 aliphatic heterocycles. The molecule has 0 bridgehead atoms. The highest BCUT2D eigenvalue weighted by atomic mass is 79.9. The van der Waals surface area contributed by atoms with Crippen LogP contribution in [0.3, 0.4) is 0 Å². The Morgan fingerprint density at radius 1 is 1.20 bits per heavy atom. The van der Waals surface area contributed by atoms with Crippen molar-refractivity contribution in [2.24, 2.45) is 0 Å². The van der Waals surface area contributed by atoms with E-state index in [1.165, 1.54) is 25.8 Å². The highest BCUT2D eigenvalue weighted by molar-refractivity contribution is 9.09. The summed E-state index contributed by atoms with van der Waals surface area (Å²) in [5.41, 5.74) is 2.84. The molecule has 15 heavy (non-hydrogen) atoms. The summed E-state index contributed by atoms with van der Waals surface area (Å²) < 4.78 is 0. The Hall–Kier alpha value is -0.120. The normalized spacial score (nSPS) is 13.1. The smallest absolute Gasteiger partial charge is 0.0748 e. The van der Waals surface area contributed by atoms with E-state index in [1.54, 1.807) is 0 Å². The second kappa shape index (κ2) is 4.40. The summed E-state index contributed by atoms with van der Waals surface area (Å²) in [7, 11) is 0. The molecule has 0 nitrogen and oxygen atoms in total. The minimum atomic E-state index is 0.362. The summed E-state index contributed by atoms with van der Waals surface area (Å²) in [6.07, 6.45) is 0. The monoisotopic (exact) mass is 300 g/mol. The molecule has 1 unspecified atom stereocenters. The molecule has 0 radical (unpaired) electrons. The zero-order chi connectivity index (χ0) is 11.0. The molecule has 0 saturated carbocycles. The third-order valence-corrected chi connectivity index (χ3v) is 5.99. The van der Waals surface area contributed by atoms with Gasteiger partial charge in [0.05, 0.1) is 4.83 Å². The van der Waals surface area contributed by atoms with Crippen molar-refractivity contribution in [2.75, 3.05) is 0 Å². The highest BCUT2D eigenvalue weighted by Gasteiger charge is 2.16. The van der Waals surface area contributed by atoms with E-state index in [0.29, 0.717) is 4.83 Å². The quantitative estimate of drug-likeness (QED) is 0.667. The number of halogens is 1. The molecule has 0 aromatic carbocycles. The molecular weight excluding hydrogens is 288 g/mol. The van der Waals surface area contributed by atoms with Crippen molar-refractivity contribution in [1.82, 2.24) is 0 Å². The molecule has 0 spiro atoms.